The molecule has 0 radical (unpaired) electrons. The number of hydrogen-bond acceptors (Lipinski definition) is 7. The third kappa shape index (κ3) is 5.32. The molecule has 1 aromatic carbocycles. The first-order valence-electron chi connectivity index (χ1n) is 8.70. The number of ether oxygens (including phenoxy) is 1. The van der Waals surface area contributed by atoms with E-state index in [1.807, 2.05) is 0 Å². The van der Waals surface area contributed by atoms with Gasteiger partial charge < -0.3 is 25.1 Å². The van der Waals surface area contributed by atoms with Crippen LogP contribution in [0.4, 0.5) is 10.7 Å². The van der Waals surface area contributed by atoms with E-state index in [4.69, 9.17) is 9.15 Å². The Bertz CT molecular complexity index is 1060. The quantitative estimate of drug-likeness (QED) is 0.498. The fourth-order valence-electron chi connectivity index (χ4n) is 2.34. The van der Waals surface area contributed by atoms with Gasteiger partial charge in [-0.1, -0.05) is 0 Å². The monoisotopic (exact) mass is 427 g/mol. The van der Waals surface area contributed by atoms with Crippen LogP contribution in [0.1, 0.15) is 30.6 Å². The van der Waals surface area contributed by atoms with Crippen LogP contribution in [0.2, 0.25) is 0 Å². The van der Waals surface area contributed by atoms with Crippen molar-refractivity contribution in [3.8, 4) is 0 Å². The van der Waals surface area contributed by atoms with Crippen molar-refractivity contribution in [1.29, 1.82) is 0 Å². The largest absolute Gasteiger partial charge is 0.459 e. The Balaban J connectivity index is 1.48. The summed E-state index contributed by atoms with van der Waals surface area (Å²) in [6.07, 6.45) is 1.38. The molecule has 0 spiro atoms. The second kappa shape index (κ2) is 9.52. The number of anilines is 2. The van der Waals surface area contributed by atoms with Gasteiger partial charge in [-0.25, -0.2) is 4.79 Å². The molecule has 0 atom stereocenters. The van der Waals surface area contributed by atoms with E-state index in [1.54, 1.807) is 36.4 Å². The summed E-state index contributed by atoms with van der Waals surface area (Å²) in [7, 11) is 1.52. The minimum Gasteiger partial charge on any atom is -0.459 e. The van der Waals surface area contributed by atoms with Gasteiger partial charge in [-0.2, -0.15) is 0 Å². The number of hydrogen-bond donors (Lipinski definition) is 3. The lowest BCUT2D eigenvalue weighted by Crippen LogP contribution is -2.21. The lowest BCUT2D eigenvalue weighted by atomic mass is 10.2. The van der Waals surface area contributed by atoms with Gasteiger partial charge in [0, 0.05) is 18.3 Å². The predicted molar refractivity (Wildman–Crippen MR) is 110 cm³/mol. The van der Waals surface area contributed by atoms with Crippen molar-refractivity contribution < 1.29 is 28.3 Å². The van der Waals surface area contributed by atoms with E-state index in [0.29, 0.717) is 16.3 Å². The maximum atomic E-state index is 12.1. The molecule has 9 nitrogen and oxygen atoms in total. The molecule has 2 heterocycles. The average Bonchev–Trinajstić information content (AvgIpc) is 3.44. The van der Waals surface area contributed by atoms with E-state index in [1.165, 1.54) is 25.4 Å². The van der Waals surface area contributed by atoms with Crippen molar-refractivity contribution >= 4 is 45.7 Å². The van der Waals surface area contributed by atoms with Gasteiger partial charge in [0.25, 0.3) is 17.7 Å². The van der Waals surface area contributed by atoms with Gasteiger partial charge in [0.1, 0.15) is 4.88 Å². The van der Waals surface area contributed by atoms with Crippen LogP contribution in [-0.2, 0) is 9.53 Å². The van der Waals surface area contributed by atoms with Crippen LogP contribution >= 0.6 is 11.3 Å². The molecule has 0 aliphatic heterocycles. The van der Waals surface area contributed by atoms with Crippen molar-refractivity contribution in [2.24, 2.45) is 0 Å². The van der Waals surface area contributed by atoms with Gasteiger partial charge in [-0.15, -0.1) is 11.3 Å². The third-order valence-corrected chi connectivity index (χ3v) is 4.76. The molecule has 10 heteroatoms. The van der Waals surface area contributed by atoms with Crippen LogP contribution in [0.5, 0.6) is 0 Å². The Morgan fingerprint density at radius 2 is 1.73 bits per heavy atom. The van der Waals surface area contributed by atoms with Crippen LogP contribution in [0.3, 0.4) is 0 Å². The van der Waals surface area contributed by atoms with Gasteiger partial charge in [0.15, 0.2) is 12.4 Å². The molecule has 3 rings (SSSR count). The van der Waals surface area contributed by atoms with Crippen molar-refractivity contribution in [3.05, 3.63) is 71.0 Å². The Labute approximate surface area is 175 Å². The molecular formula is C20H17N3O6S. The van der Waals surface area contributed by atoms with Crippen LogP contribution in [0, 0.1) is 0 Å². The molecule has 0 bridgehead atoms. The highest BCUT2D eigenvalue weighted by molar-refractivity contribution is 7.18. The lowest BCUT2D eigenvalue weighted by molar-refractivity contribution is -0.119. The summed E-state index contributed by atoms with van der Waals surface area (Å²) in [4.78, 5) is 47.7. The standard InChI is InChI=1S/C20H17N3O6S/c1-21-18(25)12-4-6-13(7-5-12)22-16(24)11-29-20(27)15-8-9-17(30-15)23-19(26)14-3-2-10-28-14/h2-10H,11H2,1H3,(H,21,25)(H,22,24)(H,23,26). The second-order valence-corrected chi connectivity index (χ2v) is 6.96. The van der Waals surface area contributed by atoms with E-state index in [0.717, 1.165) is 11.3 Å². The first-order chi connectivity index (χ1) is 14.5. The molecular weight excluding hydrogens is 410 g/mol. The van der Waals surface area contributed by atoms with Crippen molar-refractivity contribution in [1.82, 2.24) is 5.32 Å². The topological polar surface area (TPSA) is 127 Å². The number of carbonyl (C=O) groups is 4. The number of nitrogens with one attached hydrogen (secondary N) is 3. The van der Waals surface area contributed by atoms with Gasteiger partial charge >= 0.3 is 5.97 Å². The molecule has 0 saturated carbocycles. The van der Waals surface area contributed by atoms with Crippen LogP contribution < -0.4 is 16.0 Å². The van der Waals surface area contributed by atoms with Gasteiger partial charge in [0.05, 0.1) is 11.3 Å². The summed E-state index contributed by atoms with van der Waals surface area (Å²) in [5.41, 5.74) is 0.914. The molecule has 0 aliphatic carbocycles. The van der Waals surface area contributed by atoms with E-state index in [-0.39, 0.29) is 16.5 Å². The van der Waals surface area contributed by atoms with E-state index >= 15 is 0 Å². The van der Waals surface area contributed by atoms with Crippen LogP contribution in [0.15, 0.2) is 59.2 Å². The minimum absolute atomic E-state index is 0.146. The smallest absolute Gasteiger partial charge is 0.348 e. The highest BCUT2D eigenvalue weighted by Crippen LogP contribution is 2.23. The summed E-state index contributed by atoms with van der Waals surface area (Å²) in [6.45, 7) is -0.484. The van der Waals surface area contributed by atoms with Crippen LogP contribution in [0.25, 0.3) is 0 Å². The van der Waals surface area contributed by atoms with E-state index in [2.05, 4.69) is 16.0 Å². The van der Waals surface area contributed by atoms with E-state index < -0.39 is 24.4 Å². The molecule has 3 N–H and O–H groups in total. The molecule has 0 saturated heterocycles. The number of thiophene rings is 1. The molecule has 3 aromatic rings. The first kappa shape index (κ1) is 20.8. The van der Waals surface area contributed by atoms with Gasteiger partial charge in [0.2, 0.25) is 0 Å². The molecule has 0 aliphatic rings. The third-order valence-electron chi connectivity index (χ3n) is 3.78. The fourth-order valence-corrected chi connectivity index (χ4v) is 3.14. The summed E-state index contributed by atoms with van der Waals surface area (Å²) in [5, 5.41) is 8.10. The molecule has 3 amide bonds. The number of benzene rings is 1. The molecule has 2 aromatic heterocycles. The van der Waals surface area contributed by atoms with Crippen molar-refractivity contribution in [2.45, 2.75) is 0 Å². The summed E-state index contributed by atoms with van der Waals surface area (Å²) >= 11 is 1.01. The Hall–Kier alpha value is -3.92. The molecule has 0 fully saturated rings. The average molecular weight is 427 g/mol. The normalized spacial score (nSPS) is 10.2. The number of amides is 3. The van der Waals surface area contributed by atoms with Crippen LogP contribution in [-0.4, -0.2) is 37.3 Å². The molecule has 154 valence electrons. The summed E-state index contributed by atoms with van der Waals surface area (Å²) < 4.78 is 9.99. The highest BCUT2D eigenvalue weighted by Gasteiger charge is 2.15. The Kier molecular flexibility index (Phi) is 6.60. The number of carbonyl (C=O) groups excluding carboxylic acids is 4. The van der Waals surface area contributed by atoms with Crippen molar-refractivity contribution in [3.63, 3.8) is 0 Å². The predicted octanol–water partition coefficient (Wildman–Crippen LogP) is 2.75. The number of rotatable bonds is 7. The zero-order valence-corrected chi connectivity index (χ0v) is 16.6. The maximum absolute atomic E-state index is 12.1. The minimum atomic E-state index is -0.691. The second-order valence-electron chi connectivity index (χ2n) is 5.88. The van der Waals surface area contributed by atoms with Crippen molar-refractivity contribution in [2.75, 3.05) is 24.3 Å². The zero-order chi connectivity index (χ0) is 21.5. The summed E-state index contributed by atoms with van der Waals surface area (Å²) in [6, 6.07) is 12.4. The maximum Gasteiger partial charge on any atom is 0.348 e. The molecule has 30 heavy (non-hydrogen) atoms. The summed E-state index contributed by atoms with van der Waals surface area (Å²) in [5.74, 6) is -1.75. The van der Waals surface area contributed by atoms with Gasteiger partial charge in [-0.05, 0) is 48.5 Å². The molecule has 0 unspecified atom stereocenters. The number of esters is 1. The fraction of sp³-hybridized carbons (Fsp3) is 0.100. The zero-order valence-electron chi connectivity index (χ0n) is 15.8. The lowest BCUT2D eigenvalue weighted by Gasteiger charge is -2.07. The first-order valence-corrected chi connectivity index (χ1v) is 9.51. The van der Waals surface area contributed by atoms with E-state index in [9.17, 15) is 19.2 Å². The van der Waals surface area contributed by atoms with Gasteiger partial charge in [-0.3, -0.25) is 14.4 Å². The highest BCUT2D eigenvalue weighted by atomic mass is 32.1. The Morgan fingerprint density at radius 3 is 2.40 bits per heavy atom. The SMILES string of the molecule is CNC(=O)c1ccc(NC(=O)COC(=O)c2ccc(NC(=O)c3ccco3)s2)cc1. The number of furan rings is 1. The Morgan fingerprint density at radius 1 is 0.967 bits per heavy atom.